The molecular weight excluding hydrogens is 220 g/mol. The van der Waals surface area contributed by atoms with Gasteiger partial charge in [-0.1, -0.05) is 24.1 Å². The summed E-state index contributed by atoms with van der Waals surface area (Å²) in [6.07, 6.45) is 6.06. The van der Waals surface area contributed by atoms with Crippen LogP contribution in [0.4, 0.5) is 0 Å². The standard InChI is InChI=1S/C13H17ClN2/c14-13-12(5-2-6-15-13)9-16-7-10-3-1-4-11(10)8-16/h2,5-6,10-11H,1,3-4,7-9H2. The second kappa shape index (κ2) is 4.34. The van der Waals surface area contributed by atoms with E-state index in [4.69, 9.17) is 11.6 Å². The zero-order chi connectivity index (χ0) is 11.0. The predicted octanol–water partition coefficient (Wildman–Crippen LogP) is 2.97. The molecule has 2 nitrogen and oxygen atoms in total. The lowest BCUT2D eigenvalue weighted by atomic mass is 10.0. The molecule has 0 bridgehead atoms. The van der Waals surface area contributed by atoms with Gasteiger partial charge in [0.25, 0.3) is 0 Å². The van der Waals surface area contributed by atoms with Gasteiger partial charge in [0.15, 0.2) is 0 Å². The predicted molar refractivity (Wildman–Crippen MR) is 65.4 cm³/mol. The normalized spacial score (nSPS) is 29.6. The zero-order valence-electron chi connectivity index (χ0n) is 9.40. The van der Waals surface area contributed by atoms with Crippen molar-refractivity contribution in [3.05, 3.63) is 29.0 Å². The summed E-state index contributed by atoms with van der Waals surface area (Å²) in [5.41, 5.74) is 1.17. The Labute approximate surface area is 102 Å². The summed E-state index contributed by atoms with van der Waals surface area (Å²) in [7, 11) is 0. The molecule has 86 valence electrons. The van der Waals surface area contributed by atoms with Crippen molar-refractivity contribution in [2.24, 2.45) is 11.8 Å². The van der Waals surface area contributed by atoms with Crippen LogP contribution in [0.25, 0.3) is 0 Å². The highest BCUT2D eigenvalue weighted by atomic mass is 35.5. The van der Waals surface area contributed by atoms with Gasteiger partial charge in [-0.15, -0.1) is 0 Å². The third kappa shape index (κ3) is 1.96. The van der Waals surface area contributed by atoms with E-state index in [0.29, 0.717) is 5.15 Å². The van der Waals surface area contributed by atoms with Crippen molar-refractivity contribution in [2.75, 3.05) is 13.1 Å². The Bertz CT molecular complexity index is 368. The van der Waals surface area contributed by atoms with Crippen LogP contribution in [-0.2, 0) is 6.54 Å². The molecule has 1 aliphatic carbocycles. The molecule has 1 saturated carbocycles. The Morgan fingerprint density at radius 2 is 2.06 bits per heavy atom. The summed E-state index contributed by atoms with van der Waals surface area (Å²) in [5, 5.41) is 0.666. The minimum atomic E-state index is 0.666. The Balaban J connectivity index is 1.66. The van der Waals surface area contributed by atoms with Gasteiger partial charge in [-0.25, -0.2) is 4.98 Å². The maximum atomic E-state index is 6.09. The van der Waals surface area contributed by atoms with Crippen LogP contribution in [0, 0.1) is 11.8 Å². The number of rotatable bonds is 2. The van der Waals surface area contributed by atoms with Crippen LogP contribution in [0.2, 0.25) is 5.15 Å². The average Bonchev–Trinajstić information content (AvgIpc) is 2.81. The summed E-state index contributed by atoms with van der Waals surface area (Å²) in [4.78, 5) is 6.67. The van der Waals surface area contributed by atoms with Gasteiger partial charge in [0.2, 0.25) is 0 Å². The van der Waals surface area contributed by atoms with Crippen LogP contribution in [0.3, 0.4) is 0 Å². The van der Waals surface area contributed by atoms with E-state index in [9.17, 15) is 0 Å². The first-order chi connectivity index (χ1) is 7.83. The second-order valence-corrected chi connectivity index (χ2v) is 5.46. The number of likely N-dealkylation sites (tertiary alicyclic amines) is 1. The molecule has 3 heteroatoms. The molecule has 2 fully saturated rings. The van der Waals surface area contributed by atoms with Crippen LogP contribution < -0.4 is 0 Å². The van der Waals surface area contributed by atoms with Crippen molar-refractivity contribution in [1.82, 2.24) is 9.88 Å². The van der Waals surface area contributed by atoms with E-state index < -0.39 is 0 Å². The van der Waals surface area contributed by atoms with Crippen molar-refractivity contribution in [3.8, 4) is 0 Å². The molecule has 1 aliphatic heterocycles. The molecule has 2 unspecified atom stereocenters. The molecule has 1 saturated heterocycles. The van der Waals surface area contributed by atoms with Crippen molar-refractivity contribution >= 4 is 11.6 Å². The third-order valence-electron chi connectivity index (χ3n) is 4.03. The average molecular weight is 237 g/mol. The van der Waals surface area contributed by atoms with Gasteiger partial charge in [-0.3, -0.25) is 4.90 Å². The molecule has 16 heavy (non-hydrogen) atoms. The molecule has 0 aromatic carbocycles. The zero-order valence-corrected chi connectivity index (χ0v) is 10.2. The van der Waals surface area contributed by atoms with E-state index in [1.807, 2.05) is 6.07 Å². The third-order valence-corrected chi connectivity index (χ3v) is 4.37. The highest BCUT2D eigenvalue weighted by Crippen LogP contribution is 2.38. The summed E-state index contributed by atoms with van der Waals surface area (Å²) >= 11 is 6.09. The van der Waals surface area contributed by atoms with Crippen molar-refractivity contribution in [2.45, 2.75) is 25.8 Å². The molecule has 2 aliphatic rings. The van der Waals surface area contributed by atoms with E-state index in [0.717, 1.165) is 18.4 Å². The summed E-state index contributed by atoms with van der Waals surface area (Å²) in [6, 6.07) is 4.06. The Morgan fingerprint density at radius 3 is 2.75 bits per heavy atom. The SMILES string of the molecule is Clc1ncccc1CN1CC2CCCC2C1. The second-order valence-electron chi connectivity index (χ2n) is 5.10. The maximum Gasteiger partial charge on any atom is 0.133 e. The monoisotopic (exact) mass is 236 g/mol. The molecular formula is C13H17ClN2. The quantitative estimate of drug-likeness (QED) is 0.734. The van der Waals surface area contributed by atoms with Gasteiger partial charge < -0.3 is 0 Å². The molecule has 2 atom stereocenters. The number of halogens is 1. The van der Waals surface area contributed by atoms with Gasteiger partial charge in [0.05, 0.1) is 0 Å². The minimum absolute atomic E-state index is 0.666. The molecule has 2 heterocycles. The topological polar surface area (TPSA) is 16.1 Å². The molecule has 1 aromatic rings. The van der Waals surface area contributed by atoms with Gasteiger partial charge in [-0.2, -0.15) is 0 Å². The van der Waals surface area contributed by atoms with Crippen molar-refractivity contribution in [1.29, 1.82) is 0 Å². The van der Waals surface area contributed by atoms with Gasteiger partial charge in [-0.05, 0) is 30.7 Å². The molecule has 0 radical (unpaired) electrons. The van der Waals surface area contributed by atoms with Crippen LogP contribution >= 0.6 is 11.6 Å². The van der Waals surface area contributed by atoms with Crippen LogP contribution in [0.5, 0.6) is 0 Å². The largest absolute Gasteiger partial charge is 0.298 e. The molecule has 0 spiro atoms. The van der Waals surface area contributed by atoms with Crippen LogP contribution in [0.1, 0.15) is 24.8 Å². The molecule has 1 aromatic heterocycles. The van der Waals surface area contributed by atoms with Gasteiger partial charge in [0.1, 0.15) is 5.15 Å². The first-order valence-corrected chi connectivity index (χ1v) is 6.52. The number of aromatic nitrogens is 1. The Hall–Kier alpha value is -0.600. The van der Waals surface area contributed by atoms with Gasteiger partial charge in [0, 0.05) is 31.4 Å². The summed E-state index contributed by atoms with van der Waals surface area (Å²) in [5.74, 6) is 1.91. The maximum absolute atomic E-state index is 6.09. The van der Waals surface area contributed by atoms with E-state index in [2.05, 4.69) is 16.0 Å². The lowest BCUT2D eigenvalue weighted by Gasteiger charge is -2.17. The van der Waals surface area contributed by atoms with Crippen LogP contribution in [-0.4, -0.2) is 23.0 Å². The first kappa shape index (κ1) is 10.5. The van der Waals surface area contributed by atoms with Crippen molar-refractivity contribution in [3.63, 3.8) is 0 Å². The molecule has 3 rings (SSSR count). The van der Waals surface area contributed by atoms with Crippen LogP contribution in [0.15, 0.2) is 18.3 Å². The lowest BCUT2D eigenvalue weighted by Crippen LogP contribution is -2.21. The number of hydrogen-bond donors (Lipinski definition) is 0. The highest BCUT2D eigenvalue weighted by molar-refractivity contribution is 6.30. The molecule has 0 amide bonds. The molecule has 0 N–H and O–H groups in total. The Morgan fingerprint density at radius 1 is 1.31 bits per heavy atom. The summed E-state index contributed by atoms with van der Waals surface area (Å²) in [6.45, 7) is 3.49. The Kier molecular flexibility index (Phi) is 2.86. The van der Waals surface area contributed by atoms with Gasteiger partial charge >= 0.3 is 0 Å². The van der Waals surface area contributed by atoms with E-state index >= 15 is 0 Å². The fourth-order valence-corrected chi connectivity index (χ4v) is 3.42. The first-order valence-electron chi connectivity index (χ1n) is 6.14. The van der Waals surface area contributed by atoms with E-state index in [1.54, 1.807) is 6.20 Å². The number of pyridine rings is 1. The lowest BCUT2D eigenvalue weighted by molar-refractivity contribution is 0.303. The fraction of sp³-hybridized carbons (Fsp3) is 0.615. The minimum Gasteiger partial charge on any atom is -0.298 e. The number of fused-ring (bicyclic) bond motifs is 1. The van der Waals surface area contributed by atoms with Crippen molar-refractivity contribution < 1.29 is 0 Å². The van der Waals surface area contributed by atoms with E-state index in [1.165, 1.54) is 37.9 Å². The number of nitrogens with zero attached hydrogens (tertiary/aromatic N) is 2. The van der Waals surface area contributed by atoms with E-state index in [-0.39, 0.29) is 0 Å². The highest BCUT2D eigenvalue weighted by Gasteiger charge is 2.35. The summed E-state index contributed by atoms with van der Waals surface area (Å²) < 4.78 is 0. The number of hydrogen-bond acceptors (Lipinski definition) is 2. The smallest absolute Gasteiger partial charge is 0.133 e. The fourth-order valence-electron chi connectivity index (χ4n) is 3.24.